The topological polar surface area (TPSA) is 52.6 Å². The molecule has 1 amide bonds. The molecule has 1 aliphatic rings. The van der Waals surface area contributed by atoms with Gasteiger partial charge in [0, 0.05) is 18.5 Å². The summed E-state index contributed by atoms with van der Waals surface area (Å²) in [5, 5.41) is 12.7. The van der Waals surface area contributed by atoms with E-state index in [-0.39, 0.29) is 17.9 Å². The lowest BCUT2D eigenvalue weighted by Gasteiger charge is -2.31. The maximum absolute atomic E-state index is 12.1. The van der Waals surface area contributed by atoms with Crippen molar-refractivity contribution in [3.05, 3.63) is 35.4 Å². The first-order valence-corrected chi connectivity index (χ1v) is 8.11. The average Bonchev–Trinajstić information content (AvgIpc) is 2.91. The second-order valence-corrected chi connectivity index (χ2v) is 6.84. The van der Waals surface area contributed by atoms with Gasteiger partial charge in [-0.3, -0.25) is 9.69 Å². The Kier molecular flexibility index (Phi) is 5.59. The Balaban J connectivity index is 1.82. The summed E-state index contributed by atoms with van der Waals surface area (Å²) in [5.74, 6) is 0.485. The van der Waals surface area contributed by atoms with Crippen molar-refractivity contribution in [3.8, 4) is 0 Å². The molecule has 22 heavy (non-hydrogen) atoms. The molecular formula is C18H28N2O2. The summed E-state index contributed by atoms with van der Waals surface area (Å²) >= 11 is 0. The molecule has 0 aliphatic carbocycles. The predicted molar refractivity (Wildman–Crippen MR) is 88.4 cm³/mol. The van der Waals surface area contributed by atoms with Gasteiger partial charge in [-0.1, -0.05) is 38.1 Å². The second kappa shape index (κ2) is 7.25. The van der Waals surface area contributed by atoms with Gasteiger partial charge in [0.25, 0.3) is 0 Å². The lowest BCUT2D eigenvalue weighted by atomic mass is 9.77. The standard InChI is InChI=1S/C18H28N2O2/c1-14(2)18(13-21)8-9-20(12-18)11-17(22)19-10-16-7-5-4-6-15(16)3/h4-7,14,21H,8-13H2,1-3H3,(H,19,22). The number of rotatable bonds is 6. The maximum Gasteiger partial charge on any atom is 0.234 e. The molecule has 0 spiro atoms. The molecule has 1 heterocycles. The lowest BCUT2D eigenvalue weighted by Crippen LogP contribution is -2.39. The molecule has 4 nitrogen and oxygen atoms in total. The summed E-state index contributed by atoms with van der Waals surface area (Å²) in [6.07, 6.45) is 0.965. The molecule has 0 aromatic heterocycles. The fourth-order valence-corrected chi connectivity index (χ4v) is 3.16. The van der Waals surface area contributed by atoms with E-state index in [4.69, 9.17) is 0 Å². The minimum Gasteiger partial charge on any atom is -0.396 e. The lowest BCUT2D eigenvalue weighted by molar-refractivity contribution is -0.122. The molecule has 2 N–H and O–H groups in total. The number of hydrogen-bond acceptors (Lipinski definition) is 3. The highest BCUT2D eigenvalue weighted by atomic mass is 16.3. The number of nitrogens with zero attached hydrogens (tertiary/aromatic N) is 1. The minimum atomic E-state index is -0.0453. The van der Waals surface area contributed by atoms with Gasteiger partial charge in [0.15, 0.2) is 0 Å². The van der Waals surface area contributed by atoms with E-state index in [1.54, 1.807) is 0 Å². The Morgan fingerprint density at radius 2 is 2.14 bits per heavy atom. The van der Waals surface area contributed by atoms with E-state index in [9.17, 15) is 9.90 Å². The summed E-state index contributed by atoms with van der Waals surface area (Å²) in [6, 6.07) is 8.10. The number of likely N-dealkylation sites (tertiary alicyclic amines) is 1. The van der Waals surface area contributed by atoms with Crippen LogP contribution < -0.4 is 5.32 Å². The molecule has 122 valence electrons. The third-order valence-electron chi connectivity index (χ3n) is 5.11. The van der Waals surface area contributed by atoms with Gasteiger partial charge in [0.2, 0.25) is 5.91 Å². The van der Waals surface area contributed by atoms with Crippen molar-refractivity contribution in [3.63, 3.8) is 0 Å². The van der Waals surface area contributed by atoms with Gasteiger partial charge in [0.05, 0.1) is 13.2 Å². The fraction of sp³-hybridized carbons (Fsp3) is 0.611. The van der Waals surface area contributed by atoms with Crippen LogP contribution in [0.15, 0.2) is 24.3 Å². The predicted octanol–water partition coefficient (Wildman–Crippen LogP) is 1.95. The molecule has 0 radical (unpaired) electrons. The molecule has 1 aliphatic heterocycles. The van der Waals surface area contributed by atoms with Crippen LogP contribution in [0, 0.1) is 18.3 Å². The van der Waals surface area contributed by atoms with Crippen molar-refractivity contribution in [2.24, 2.45) is 11.3 Å². The zero-order valence-electron chi connectivity index (χ0n) is 13.9. The number of aliphatic hydroxyl groups excluding tert-OH is 1. The van der Waals surface area contributed by atoms with E-state index in [0.717, 1.165) is 25.1 Å². The number of amides is 1. The highest BCUT2D eigenvalue weighted by molar-refractivity contribution is 5.78. The molecule has 1 unspecified atom stereocenters. The van der Waals surface area contributed by atoms with Crippen LogP contribution in [-0.4, -0.2) is 42.2 Å². The van der Waals surface area contributed by atoms with Crippen molar-refractivity contribution >= 4 is 5.91 Å². The zero-order valence-corrected chi connectivity index (χ0v) is 13.9. The van der Waals surface area contributed by atoms with Crippen LogP contribution in [-0.2, 0) is 11.3 Å². The van der Waals surface area contributed by atoms with Crippen LogP contribution in [0.25, 0.3) is 0 Å². The first-order chi connectivity index (χ1) is 10.5. The van der Waals surface area contributed by atoms with Gasteiger partial charge < -0.3 is 10.4 Å². The molecular weight excluding hydrogens is 276 g/mol. The summed E-state index contributed by atoms with van der Waals surface area (Å²) in [6.45, 7) is 9.24. The monoisotopic (exact) mass is 304 g/mol. The van der Waals surface area contributed by atoms with Crippen molar-refractivity contribution in [2.75, 3.05) is 26.2 Å². The smallest absolute Gasteiger partial charge is 0.234 e. The highest BCUT2D eigenvalue weighted by Gasteiger charge is 2.40. The first kappa shape index (κ1) is 17.0. The zero-order chi connectivity index (χ0) is 16.2. The number of hydrogen-bond donors (Lipinski definition) is 2. The third-order valence-corrected chi connectivity index (χ3v) is 5.11. The summed E-state index contributed by atoms with van der Waals surface area (Å²) < 4.78 is 0. The number of aliphatic hydroxyl groups is 1. The summed E-state index contributed by atoms with van der Waals surface area (Å²) in [7, 11) is 0. The molecule has 2 rings (SSSR count). The fourth-order valence-electron chi connectivity index (χ4n) is 3.16. The SMILES string of the molecule is Cc1ccccc1CNC(=O)CN1CCC(CO)(C(C)C)C1. The number of aryl methyl sites for hydroxylation is 1. The van der Waals surface area contributed by atoms with E-state index in [1.165, 1.54) is 5.56 Å². The van der Waals surface area contributed by atoms with Crippen LogP contribution in [0.5, 0.6) is 0 Å². The van der Waals surface area contributed by atoms with Gasteiger partial charge in [-0.05, 0) is 36.9 Å². The van der Waals surface area contributed by atoms with E-state index in [1.807, 2.05) is 18.2 Å². The Labute approximate surface area is 133 Å². The number of carbonyl (C=O) groups excluding carboxylic acids is 1. The van der Waals surface area contributed by atoms with Gasteiger partial charge in [-0.25, -0.2) is 0 Å². The Hall–Kier alpha value is -1.39. The van der Waals surface area contributed by atoms with Gasteiger partial charge in [-0.15, -0.1) is 0 Å². The summed E-state index contributed by atoms with van der Waals surface area (Å²) in [4.78, 5) is 14.3. The molecule has 4 heteroatoms. The number of carbonyl (C=O) groups is 1. The number of nitrogens with one attached hydrogen (secondary N) is 1. The molecule has 0 saturated carbocycles. The quantitative estimate of drug-likeness (QED) is 0.844. The van der Waals surface area contributed by atoms with Crippen molar-refractivity contribution < 1.29 is 9.90 Å². The summed E-state index contributed by atoms with van der Waals surface area (Å²) in [5.41, 5.74) is 2.31. The largest absolute Gasteiger partial charge is 0.396 e. The maximum atomic E-state index is 12.1. The molecule has 1 saturated heterocycles. The van der Waals surface area contributed by atoms with Crippen molar-refractivity contribution in [2.45, 2.75) is 33.7 Å². The van der Waals surface area contributed by atoms with E-state index in [2.05, 4.69) is 37.1 Å². The van der Waals surface area contributed by atoms with Gasteiger partial charge >= 0.3 is 0 Å². The highest BCUT2D eigenvalue weighted by Crippen LogP contribution is 2.37. The molecule has 1 atom stereocenters. The van der Waals surface area contributed by atoms with E-state index < -0.39 is 0 Å². The van der Waals surface area contributed by atoms with Crippen LogP contribution in [0.4, 0.5) is 0 Å². The van der Waals surface area contributed by atoms with Crippen molar-refractivity contribution in [1.29, 1.82) is 0 Å². The molecule has 1 aromatic rings. The Bertz CT molecular complexity index is 516. The van der Waals surface area contributed by atoms with E-state index in [0.29, 0.717) is 19.0 Å². The van der Waals surface area contributed by atoms with Crippen LogP contribution in [0.3, 0.4) is 0 Å². The Morgan fingerprint density at radius 3 is 2.73 bits per heavy atom. The van der Waals surface area contributed by atoms with Crippen LogP contribution in [0.2, 0.25) is 0 Å². The van der Waals surface area contributed by atoms with Crippen molar-refractivity contribution in [1.82, 2.24) is 10.2 Å². The molecule has 0 bridgehead atoms. The van der Waals surface area contributed by atoms with Crippen LogP contribution in [0.1, 0.15) is 31.4 Å². The first-order valence-electron chi connectivity index (χ1n) is 8.11. The molecule has 1 aromatic carbocycles. The van der Waals surface area contributed by atoms with Gasteiger partial charge in [0.1, 0.15) is 0 Å². The van der Waals surface area contributed by atoms with Crippen LogP contribution >= 0.6 is 0 Å². The normalized spacial score (nSPS) is 22.2. The molecule has 1 fully saturated rings. The number of benzene rings is 1. The van der Waals surface area contributed by atoms with E-state index >= 15 is 0 Å². The average molecular weight is 304 g/mol. The Morgan fingerprint density at radius 1 is 1.41 bits per heavy atom. The minimum absolute atomic E-state index is 0.0453. The third kappa shape index (κ3) is 3.87. The van der Waals surface area contributed by atoms with Gasteiger partial charge in [-0.2, -0.15) is 0 Å². The second-order valence-electron chi connectivity index (χ2n) is 6.84.